The number of rotatable bonds is 3. The minimum atomic E-state index is -0.958. The monoisotopic (exact) mass is 242 g/mol. The molecule has 0 saturated heterocycles. The van der Waals surface area contributed by atoms with Crippen LogP contribution >= 0.6 is 0 Å². The van der Waals surface area contributed by atoms with E-state index in [0.29, 0.717) is 5.82 Å². The minimum Gasteiger partial charge on any atom is -0.478 e. The third-order valence-corrected chi connectivity index (χ3v) is 2.50. The third-order valence-electron chi connectivity index (χ3n) is 2.50. The van der Waals surface area contributed by atoms with Gasteiger partial charge >= 0.3 is 5.97 Å². The van der Waals surface area contributed by atoms with E-state index in [9.17, 15) is 4.79 Å². The third kappa shape index (κ3) is 2.85. The number of benzene rings is 1. The molecule has 1 aromatic heterocycles. The zero-order valence-corrected chi connectivity index (χ0v) is 10.3. The number of hydrogen-bond acceptors (Lipinski definition) is 3. The second-order valence-electron chi connectivity index (χ2n) is 4.24. The van der Waals surface area contributed by atoms with Crippen LogP contribution in [0.15, 0.2) is 36.5 Å². The van der Waals surface area contributed by atoms with Crippen molar-refractivity contribution in [1.29, 1.82) is 0 Å². The lowest BCUT2D eigenvalue weighted by Crippen LogP contribution is -2.00. The number of carboxylic acid groups (broad SMARTS) is 1. The van der Waals surface area contributed by atoms with Crippen LogP contribution in [0.3, 0.4) is 0 Å². The van der Waals surface area contributed by atoms with E-state index in [2.05, 4.69) is 16.4 Å². The van der Waals surface area contributed by atoms with Crippen LogP contribution in [0.1, 0.15) is 21.5 Å². The largest absolute Gasteiger partial charge is 0.478 e. The smallest absolute Gasteiger partial charge is 0.335 e. The number of aromatic carboxylic acids is 1. The van der Waals surface area contributed by atoms with Gasteiger partial charge in [-0.15, -0.1) is 0 Å². The lowest BCUT2D eigenvalue weighted by Gasteiger charge is -2.08. The number of pyridine rings is 1. The van der Waals surface area contributed by atoms with E-state index in [0.717, 1.165) is 16.8 Å². The molecular weight excluding hydrogens is 228 g/mol. The number of nitrogens with zero attached hydrogens (tertiary/aromatic N) is 1. The first-order valence-corrected chi connectivity index (χ1v) is 5.59. The van der Waals surface area contributed by atoms with Gasteiger partial charge in [-0.25, -0.2) is 9.78 Å². The molecule has 2 rings (SSSR count). The molecule has 1 aromatic carbocycles. The molecule has 0 spiro atoms. The summed E-state index contributed by atoms with van der Waals surface area (Å²) in [6.45, 7) is 4.03. The molecule has 2 aromatic rings. The van der Waals surface area contributed by atoms with Crippen LogP contribution in [0, 0.1) is 13.8 Å². The average molecular weight is 242 g/mol. The van der Waals surface area contributed by atoms with Gasteiger partial charge in [-0.05, 0) is 49.2 Å². The van der Waals surface area contributed by atoms with Crippen LogP contribution in [-0.2, 0) is 0 Å². The molecule has 0 aliphatic carbocycles. The summed E-state index contributed by atoms with van der Waals surface area (Å²) in [7, 11) is 0. The summed E-state index contributed by atoms with van der Waals surface area (Å²) in [6, 6.07) is 9.03. The van der Waals surface area contributed by atoms with Crippen LogP contribution in [0.5, 0.6) is 0 Å². The van der Waals surface area contributed by atoms with Crippen molar-refractivity contribution in [2.45, 2.75) is 13.8 Å². The van der Waals surface area contributed by atoms with E-state index >= 15 is 0 Å². The Kier molecular flexibility index (Phi) is 3.28. The van der Waals surface area contributed by atoms with Crippen molar-refractivity contribution in [3.05, 3.63) is 53.2 Å². The second kappa shape index (κ2) is 4.87. The molecule has 0 aliphatic heterocycles. The lowest BCUT2D eigenvalue weighted by molar-refractivity contribution is 0.0697. The predicted octanol–water partition coefficient (Wildman–Crippen LogP) is 3.14. The molecule has 0 saturated carbocycles. The van der Waals surface area contributed by atoms with E-state index in [-0.39, 0.29) is 5.56 Å². The van der Waals surface area contributed by atoms with Gasteiger partial charge in [0, 0.05) is 11.9 Å². The molecule has 4 nitrogen and oxygen atoms in total. The van der Waals surface area contributed by atoms with E-state index in [4.69, 9.17) is 5.11 Å². The maximum atomic E-state index is 10.9. The number of nitrogens with one attached hydrogen (secondary N) is 1. The minimum absolute atomic E-state index is 0.219. The highest BCUT2D eigenvalue weighted by Gasteiger charge is 2.04. The SMILES string of the molecule is Cc1cc(C)cc(Nc2cc(C(=O)O)ccn2)c1. The van der Waals surface area contributed by atoms with Crippen LogP contribution in [0.4, 0.5) is 11.5 Å². The molecule has 2 N–H and O–H groups in total. The van der Waals surface area contributed by atoms with Crippen molar-refractivity contribution >= 4 is 17.5 Å². The Morgan fingerprint density at radius 1 is 1.17 bits per heavy atom. The van der Waals surface area contributed by atoms with Crippen molar-refractivity contribution in [3.8, 4) is 0 Å². The summed E-state index contributed by atoms with van der Waals surface area (Å²) < 4.78 is 0. The summed E-state index contributed by atoms with van der Waals surface area (Å²) in [5, 5.41) is 12.0. The number of hydrogen-bond donors (Lipinski definition) is 2. The van der Waals surface area contributed by atoms with Crippen LogP contribution in [0.25, 0.3) is 0 Å². The fraction of sp³-hybridized carbons (Fsp3) is 0.143. The number of anilines is 2. The van der Waals surface area contributed by atoms with Gasteiger partial charge in [0.25, 0.3) is 0 Å². The molecule has 0 unspecified atom stereocenters. The van der Waals surface area contributed by atoms with Gasteiger partial charge in [0.05, 0.1) is 5.56 Å². The molecule has 1 heterocycles. The first-order chi connectivity index (χ1) is 8.54. The Morgan fingerprint density at radius 3 is 2.44 bits per heavy atom. The maximum absolute atomic E-state index is 10.9. The number of aromatic nitrogens is 1. The van der Waals surface area contributed by atoms with Crippen molar-refractivity contribution in [2.75, 3.05) is 5.32 Å². The highest BCUT2D eigenvalue weighted by atomic mass is 16.4. The van der Waals surface area contributed by atoms with Gasteiger partial charge in [0.2, 0.25) is 0 Å². The Balaban J connectivity index is 2.28. The van der Waals surface area contributed by atoms with Gasteiger partial charge in [-0.2, -0.15) is 0 Å². The molecule has 0 aliphatic rings. The Labute approximate surface area is 105 Å². The number of carboxylic acids is 1. The first kappa shape index (κ1) is 12.1. The summed E-state index contributed by atoms with van der Waals surface area (Å²) >= 11 is 0. The zero-order chi connectivity index (χ0) is 13.1. The molecule has 0 atom stereocenters. The highest BCUT2D eigenvalue weighted by Crippen LogP contribution is 2.18. The molecule has 0 radical (unpaired) electrons. The van der Waals surface area contributed by atoms with Crippen molar-refractivity contribution in [3.63, 3.8) is 0 Å². The van der Waals surface area contributed by atoms with Gasteiger partial charge < -0.3 is 10.4 Å². The van der Waals surface area contributed by atoms with Crippen molar-refractivity contribution in [2.24, 2.45) is 0 Å². The Bertz CT molecular complexity index is 574. The van der Waals surface area contributed by atoms with Crippen molar-refractivity contribution in [1.82, 2.24) is 4.98 Å². The van der Waals surface area contributed by atoms with Gasteiger partial charge in [-0.1, -0.05) is 6.07 Å². The Hall–Kier alpha value is -2.36. The normalized spacial score (nSPS) is 10.1. The van der Waals surface area contributed by atoms with Gasteiger partial charge in [-0.3, -0.25) is 0 Å². The van der Waals surface area contributed by atoms with Crippen LogP contribution < -0.4 is 5.32 Å². The Morgan fingerprint density at radius 2 is 1.83 bits per heavy atom. The molecular formula is C14H14N2O2. The van der Waals surface area contributed by atoms with E-state index in [1.54, 1.807) is 0 Å². The molecule has 0 bridgehead atoms. The van der Waals surface area contributed by atoms with E-state index < -0.39 is 5.97 Å². The summed E-state index contributed by atoms with van der Waals surface area (Å²) in [6.07, 6.45) is 1.48. The second-order valence-corrected chi connectivity index (χ2v) is 4.24. The quantitative estimate of drug-likeness (QED) is 0.868. The predicted molar refractivity (Wildman–Crippen MR) is 70.4 cm³/mol. The summed E-state index contributed by atoms with van der Waals surface area (Å²) in [4.78, 5) is 15.0. The molecule has 0 fully saturated rings. The van der Waals surface area contributed by atoms with Crippen molar-refractivity contribution < 1.29 is 9.90 Å². The highest BCUT2D eigenvalue weighted by molar-refractivity contribution is 5.88. The number of carbonyl (C=O) groups is 1. The van der Waals surface area contributed by atoms with Gasteiger partial charge in [0.15, 0.2) is 0 Å². The zero-order valence-electron chi connectivity index (χ0n) is 10.3. The van der Waals surface area contributed by atoms with Crippen LogP contribution in [-0.4, -0.2) is 16.1 Å². The first-order valence-electron chi connectivity index (χ1n) is 5.59. The average Bonchev–Trinajstić information content (AvgIpc) is 2.27. The van der Waals surface area contributed by atoms with Gasteiger partial charge in [0.1, 0.15) is 5.82 Å². The van der Waals surface area contributed by atoms with Crippen LogP contribution in [0.2, 0.25) is 0 Å². The molecule has 4 heteroatoms. The fourth-order valence-corrected chi connectivity index (χ4v) is 1.83. The topological polar surface area (TPSA) is 62.2 Å². The molecule has 92 valence electrons. The van der Waals surface area contributed by atoms with E-state index in [1.165, 1.54) is 18.3 Å². The molecule has 0 amide bonds. The fourth-order valence-electron chi connectivity index (χ4n) is 1.83. The summed E-state index contributed by atoms with van der Waals surface area (Å²) in [5.74, 6) is -0.430. The molecule has 18 heavy (non-hydrogen) atoms. The lowest BCUT2D eigenvalue weighted by atomic mass is 10.1. The van der Waals surface area contributed by atoms with E-state index in [1.807, 2.05) is 26.0 Å². The number of aryl methyl sites for hydroxylation is 2. The maximum Gasteiger partial charge on any atom is 0.335 e. The summed E-state index contributed by atoms with van der Waals surface area (Å²) in [5.41, 5.74) is 3.41. The standard InChI is InChI=1S/C14H14N2O2/c1-9-5-10(2)7-12(6-9)16-13-8-11(14(17)18)3-4-15-13/h3-8H,1-2H3,(H,15,16)(H,17,18).